The first-order valence-corrected chi connectivity index (χ1v) is 7.91. The van der Waals surface area contributed by atoms with Crippen LogP contribution in [0.15, 0.2) is 18.2 Å². The number of hydrogen-bond acceptors (Lipinski definition) is 3. The van der Waals surface area contributed by atoms with Gasteiger partial charge in [0.15, 0.2) is 11.5 Å². The average Bonchev–Trinajstić information content (AvgIpc) is 3.21. The lowest BCUT2D eigenvalue weighted by Gasteiger charge is -2.28. The van der Waals surface area contributed by atoms with E-state index in [-0.39, 0.29) is 18.7 Å². The molecule has 2 fully saturated rings. The van der Waals surface area contributed by atoms with E-state index in [1.54, 1.807) is 18.2 Å². The van der Waals surface area contributed by atoms with Gasteiger partial charge in [-0.25, -0.2) is 0 Å². The zero-order chi connectivity index (χ0) is 14.4. The van der Waals surface area contributed by atoms with Crippen molar-refractivity contribution in [3.05, 3.63) is 23.8 Å². The van der Waals surface area contributed by atoms with Gasteiger partial charge in [0.05, 0.1) is 0 Å². The number of carbonyl (C=O) groups excluding carboxylic acids is 1. The molecule has 1 amide bonds. The first kappa shape index (κ1) is 13.0. The summed E-state index contributed by atoms with van der Waals surface area (Å²) in [5, 5.41) is 3.18. The van der Waals surface area contributed by atoms with E-state index in [4.69, 9.17) is 9.47 Å². The summed E-state index contributed by atoms with van der Waals surface area (Å²) >= 11 is 0. The lowest BCUT2D eigenvalue weighted by molar-refractivity contribution is 0.0915. The first-order chi connectivity index (χ1) is 10.2. The summed E-state index contributed by atoms with van der Waals surface area (Å²) in [6.07, 6.45) is 5.39. The summed E-state index contributed by atoms with van der Waals surface area (Å²) in [4.78, 5) is 12.4. The highest BCUT2D eigenvalue weighted by Gasteiger charge is 2.42. The molecule has 1 aliphatic heterocycles. The maximum absolute atomic E-state index is 12.4. The second-order valence-electron chi connectivity index (χ2n) is 6.67. The second kappa shape index (κ2) is 4.93. The number of ether oxygens (including phenoxy) is 2. The van der Waals surface area contributed by atoms with E-state index < -0.39 is 0 Å². The summed E-state index contributed by atoms with van der Waals surface area (Å²) in [5.74, 6) is 3.75. The summed E-state index contributed by atoms with van der Waals surface area (Å²) < 4.78 is 10.6. The Morgan fingerprint density at radius 1 is 1.24 bits per heavy atom. The highest BCUT2D eigenvalue weighted by Crippen LogP contribution is 2.49. The molecular weight excluding hydrogens is 266 g/mol. The lowest BCUT2D eigenvalue weighted by Crippen LogP contribution is -2.40. The van der Waals surface area contributed by atoms with Crippen LogP contribution in [0.4, 0.5) is 0 Å². The highest BCUT2D eigenvalue weighted by atomic mass is 16.7. The van der Waals surface area contributed by atoms with Crippen molar-refractivity contribution in [3.63, 3.8) is 0 Å². The third-order valence-corrected chi connectivity index (χ3v) is 5.43. The number of rotatable bonds is 3. The van der Waals surface area contributed by atoms with Crippen molar-refractivity contribution >= 4 is 5.91 Å². The van der Waals surface area contributed by atoms with Gasteiger partial charge in [-0.2, -0.15) is 0 Å². The third-order valence-electron chi connectivity index (χ3n) is 5.43. The van der Waals surface area contributed by atoms with Gasteiger partial charge in [0.25, 0.3) is 5.91 Å². The number of carbonyl (C=O) groups is 1. The molecule has 0 unspecified atom stereocenters. The Morgan fingerprint density at radius 3 is 2.86 bits per heavy atom. The molecule has 1 aromatic carbocycles. The predicted octanol–water partition coefficient (Wildman–Crippen LogP) is 2.97. The molecule has 4 nitrogen and oxygen atoms in total. The number of fused-ring (bicyclic) bond motifs is 3. The minimum atomic E-state index is -0.0106. The summed E-state index contributed by atoms with van der Waals surface area (Å²) in [6, 6.07) is 5.62. The van der Waals surface area contributed by atoms with Gasteiger partial charge in [0, 0.05) is 11.6 Å². The fourth-order valence-electron chi connectivity index (χ4n) is 4.34. The van der Waals surface area contributed by atoms with Gasteiger partial charge in [-0.15, -0.1) is 0 Å². The molecule has 0 aromatic heterocycles. The van der Waals surface area contributed by atoms with Crippen molar-refractivity contribution in [2.24, 2.45) is 17.8 Å². The van der Waals surface area contributed by atoms with Crippen LogP contribution in [0.5, 0.6) is 11.5 Å². The van der Waals surface area contributed by atoms with E-state index in [1.165, 1.54) is 25.7 Å². The molecule has 2 aliphatic carbocycles. The molecular formula is C17H21NO3. The van der Waals surface area contributed by atoms with Crippen LogP contribution in [0.25, 0.3) is 0 Å². The fourth-order valence-corrected chi connectivity index (χ4v) is 4.34. The van der Waals surface area contributed by atoms with Gasteiger partial charge in [-0.05, 0) is 62.1 Å². The topological polar surface area (TPSA) is 47.6 Å². The number of benzene rings is 1. The molecule has 4 atom stereocenters. The normalized spacial score (nSPS) is 30.4. The molecule has 0 spiro atoms. The molecule has 4 heteroatoms. The second-order valence-corrected chi connectivity index (χ2v) is 6.67. The number of hydrogen-bond donors (Lipinski definition) is 1. The minimum Gasteiger partial charge on any atom is -0.454 e. The van der Waals surface area contributed by atoms with E-state index in [9.17, 15) is 4.79 Å². The molecule has 1 heterocycles. The molecule has 2 saturated carbocycles. The number of amides is 1. The Morgan fingerprint density at radius 2 is 2.10 bits per heavy atom. The van der Waals surface area contributed by atoms with Gasteiger partial charge in [-0.1, -0.05) is 6.42 Å². The molecule has 3 aliphatic rings. The van der Waals surface area contributed by atoms with Crippen molar-refractivity contribution in [1.29, 1.82) is 0 Å². The number of nitrogens with one attached hydrogen (secondary N) is 1. The van der Waals surface area contributed by atoms with E-state index >= 15 is 0 Å². The van der Waals surface area contributed by atoms with E-state index in [1.807, 2.05) is 0 Å². The third kappa shape index (κ3) is 2.27. The Labute approximate surface area is 124 Å². The SMILES string of the molecule is C[C@@H](NC(=O)c1ccc2c(c1)OCO2)[C@H]1C[C@@H]2CC[C@@H]1C2. The monoisotopic (exact) mass is 287 g/mol. The van der Waals surface area contributed by atoms with Crippen LogP contribution in [0.3, 0.4) is 0 Å². The molecule has 2 bridgehead atoms. The highest BCUT2D eigenvalue weighted by molar-refractivity contribution is 5.95. The largest absolute Gasteiger partial charge is 0.454 e. The Bertz CT molecular complexity index is 571. The zero-order valence-corrected chi connectivity index (χ0v) is 12.3. The van der Waals surface area contributed by atoms with E-state index in [0.29, 0.717) is 23.0 Å². The average molecular weight is 287 g/mol. The van der Waals surface area contributed by atoms with Crippen LogP contribution in [0, 0.1) is 17.8 Å². The Balaban J connectivity index is 1.43. The van der Waals surface area contributed by atoms with Crippen LogP contribution in [0.2, 0.25) is 0 Å². The summed E-state index contributed by atoms with van der Waals surface area (Å²) in [5.41, 5.74) is 0.647. The Kier molecular flexibility index (Phi) is 3.05. The maximum atomic E-state index is 12.4. The summed E-state index contributed by atoms with van der Waals surface area (Å²) in [7, 11) is 0. The molecule has 1 N–H and O–H groups in total. The minimum absolute atomic E-state index is 0.0106. The summed E-state index contributed by atoms with van der Waals surface area (Å²) in [6.45, 7) is 2.39. The van der Waals surface area contributed by atoms with Crippen LogP contribution in [-0.4, -0.2) is 18.7 Å². The van der Waals surface area contributed by atoms with Crippen LogP contribution in [0.1, 0.15) is 43.0 Å². The van der Waals surface area contributed by atoms with Crippen LogP contribution in [-0.2, 0) is 0 Å². The zero-order valence-electron chi connectivity index (χ0n) is 12.3. The molecule has 21 heavy (non-hydrogen) atoms. The molecule has 4 rings (SSSR count). The van der Waals surface area contributed by atoms with Gasteiger partial charge < -0.3 is 14.8 Å². The van der Waals surface area contributed by atoms with E-state index in [2.05, 4.69) is 12.2 Å². The predicted molar refractivity (Wildman–Crippen MR) is 78.4 cm³/mol. The van der Waals surface area contributed by atoms with Crippen molar-refractivity contribution in [2.75, 3.05) is 6.79 Å². The maximum Gasteiger partial charge on any atom is 0.251 e. The van der Waals surface area contributed by atoms with Crippen molar-refractivity contribution in [2.45, 2.75) is 38.6 Å². The quantitative estimate of drug-likeness (QED) is 0.929. The molecule has 1 aromatic rings. The van der Waals surface area contributed by atoms with Crippen molar-refractivity contribution in [3.8, 4) is 11.5 Å². The lowest BCUT2D eigenvalue weighted by atomic mass is 9.84. The van der Waals surface area contributed by atoms with Gasteiger partial charge in [-0.3, -0.25) is 4.79 Å². The smallest absolute Gasteiger partial charge is 0.251 e. The van der Waals surface area contributed by atoms with Crippen LogP contribution >= 0.6 is 0 Å². The van der Waals surface area contributed by atoms with Gasteiger partial charge in [0.2, 0.25) is 6.79 Å². The fraction of sp³-hybridized carbons (Fsp3) is 0.588. The standard InChI is InChI=1S/C17H21NO3/c1-10(14-7-11-2-3-12(14)6-11)18-17(19)13-4-5-15-16(8-13)21-9-20-15/h4-5,8,10-12,14H,2-3,6-7,9H2,1H3,(H,18,19)/t10-,11-,12-,14-/m1/s1. The molecule has 112 valence electrons. The van der Waals surface area contributed by atoms with Gasteiger partial charge >= 0.3 is 0 Å². The van der Waals surface area contributed by atoms with Crippen molar-refractivity contribution in [1.82, 2.24) is 5.32 Å². The van der Waals surface area contributed by atoms with E-state index in [0.717, 1.165) is 11.8 Å². The molecule has 0 radical (unpaired) electrons. The van der Waals surface area contributed by atoms with Crippen LogP contribution < -0.4 is 14.8 Å². The van der Waals surface area contributed by atoms with Crippen molar-refractivity contribution < 1.29 is 14.3 Å². The Hall–Kier alpha value is -1.71. The molecule has 0 saturated heterocycles. The first-order valence-electron chi connectivity index (χ1n) is 7.91. The van der Waals surface area contributed by atoms with Gasteiger partial charge in [0.1, 0.15) is 0 Å².